The summed E-state index contributed by atoms with van der Waals surface area (Å²) < 4.78 is 13.6. The minimum absolute atomic E-state index is 0.0355. The molecule has 19 heavy (non-hydrogen) atoms. The Morgan fingerprint density at radius 3 is 3.00 bits per heavy atom. The van der Waals surface area contributed by atoms with Crippen LogP contribution in [0.4, 0.5) is 4.39 Å². The van der Waals surface area contributed by atoms with Gasteiger partial charge in [0, 0.05) is 32.1 Å². The quantitative estimate of drug-likeness (QED) is 0.816. The Labute approximate surface area is 110 Å². The van der Waals surface area contributed by atoms with Gasteiger partial charge in [-0.25, -0.2) is 14.4 Å². The van der Waals surface area contributed by atoms with E-state index in [1.54, 1.807) is 11.0 Å². The summed E-state index contributed by atoms with van der Waals surface area (Å²) in [5.74, 6) is 0.339. The lowest BCUT2D eigenvalue weighted by Crippen LogP contribution is -2.47. The van der Waals surface area contributed by atoms with Crippen LogP contribution >= 0.6 is 0 Å². The number of nitrogens with zero attached hydrogens (tertiary/aromatic N) is 3. The molecule has 1 aromatic rings. The van der Waals surface area contributed by atoms with Crippen LogP contribution in [0.1, 0.15) is 18.1 Å². The lowest BCUT2D eigenvalue weighted by molar-refractivity contribution is -0.124. The van der Waals surface area contributed by atoms with Crippen molar-refractivity contribution in [2.75, 3.05) is 13.1 Å². The van der Waals surface area contributed by atoms with Gasteiger partial charge < -0.3 is 0 Å². The van der Waals surface area contributed by atoms with E-state index in [1.165, 1.54) is 13.0 Å². The molecule has 0 radical (unpaired) electrons. The van der Waals surface area contributed by atoms with Crippen LogP contribution in [0.15, 0.2) is 23.2 Å². The third kappa shape index (κ3) is 2.19. The van der Waals surface area contributed by atoms with Gasteiger partial charge in [-0.1, -0.05) is 12.1 Å². The minimum Gasteiger partial charge on any atom is -0.288 e. The number of rotatable bonds is 1. The highest BCUT2D eigenvalue weighted by molar-refractivity contribution is 5.96. The molecule has 0 aliphatic carbocycles. The van der Waals surface area contributed by atoms with Crippen molar-refractivity contribution in [3.05, 3.63) is 35.1 Å². The van der Waals surface area contributed by atoms with Crippen LogP contribution in [-0.2, 0) is 17.9 Å². The van der Waals surface area contributed by atoms with Crippen LogP contribution < -0.4 is 5.43 Å². The molecule has 3 rings (SSSR count). The van der Waals surface area contributed by atoms with E-state index in [4.69, 9.17) is 0 Å². The molecule has 0 saturated carbocycles. The van der Waals surface area contributed by atoms with Gasteiger partial charge in [0.15, 0.2) is 0 Å². The standard InChI is InChI=1S/C13H15FN4O/c1-9(19)18-6-5-15-13(18)16-17-7-10-3-2-4-12(14)11(10)8-17/h2-4H,5-8H2,1H3,(H,15,16). The van der Waals surface area contributed by atoms with Gasteiger partial charge in [0.25, 0.3) is 0 Å². The molecule has 0 unspecified atom stereocenters. The normalized spacial score (nSPS) is 18.4. The number of carbonyl (C=O) groups excluding carboxylic acids is 1. The summed E-state index contributed by atoms with van der Waals surface area (Å²) in [6.45, 7) is 3.81. The average Bonchev–Trinajstić information content (AvgIpc) is 2.96. The highest BCUT2D eigenvalue weighted by Gasteiger charge is 2.26. The molecule has 6 heteroatoms. The number of carbonyl (C=O) groups is 1. The van der Waals surface area contributed by atoms with Crippen molar-refractivity contribution in [2.45, 2.75) is 20.0 Å². The van der Waals surface area contributed by atoms with Crippen molar-refractivity contribution < 1.29 is 9.18 Å². The van der Waals surface area contributed by atoms with Gasteiger partial charge in [0.05, 0.1) is 6.54 Å². The fourth-order valence-corrected chi connectivity index (χ4v) is 2.45. The molecule has 2 aliphatic rings. The Balaban J connectivity index is 1.71. The van der Waals surface area contributed by atoms with Crippen LogP contribution in [0, 0.1) is 5.82 Å². The van der Waals surface area contributed by atoms with E-state index < -0.39 is 0 Å². The molecule has 0 fully saturated rings. The van der Waals surface area contributed by atoms with Crippen molar-refractivity contribution in [3.8, 4) is 0 Å². The van der Waals surface area contributed by atoms with Gasteiger partial charge in [-0.05, 0) is 11.6 Å². The summed E-state index contributed by atoms with van der Waals surface area (Å²) >= 11 is 0. The van der Waals surface area contributed by atoms with E-state index in [2.05, 4.69) is 10.4 Å². The molecule has 1 amide bonds. The predicted octanol–water partition coefficient (Wildman–Crippen LogP) is 0.864. The molecule has 2 heterocycles. The number of amides is 1. The molecular formula is C13H15FN4O. The van der Waals surface area contributed by atoms with E-state index >= 15 is 0 Å². The molecule has 0 atom stereocenters. The van der Waals surface area contributed by atoms with Gasteiger partial charge in [0.1, 0.15) is 5.82 Å². The Hall–Kier alpha value is -1.95. The van der Waals surface area contributed by atoms with Crippen molar-refractivity contribution in [1.29, 1.82) is 0 Å². The van der Waals surface area contributed by atoms with E-state index in [0.29, 0.717) is 37.7 Å². The number of hydrogen-bond donors (Lipinski definition) is 1. The summed E-state index contributed by atoms with van der Waals surface area (Å²) in [5, 5.41) is 1.87. The van der Waals surface area contributed by atoms with Crippen LogP contribution in [0.2, 0.25) is 0 Å². The second-order valence-electron chi connectivity index (χ2n) is 4.72. The average molecular weight is 262 g/mol. The topological polar surface area (TPSA) is 47.9 Å². The SMILES string of the molecule is CC(=O)N1CCN=C1NN1Cc2cccc(F)c2C1. The molecule has 5 nitrogen and oxygen atoms in total. The molecule has 0 bridgehead atoms. The summed E-state index contributed by atoms with van der Waals surface area (Å²) in [5.41, 5.74) is 4.79. The number of halogens is 1. The van der Waals surface area contributed by atoms with Crippen LogP contribution in [0.5, 0.6) is 0 Å². The van der Waals surface area contributed by atoms with Gasteiger partial charge in [0.2, 0.25) is 11.9 Å². The maximum atomic E-state index is 13.6. The predicted molar refractivity (Wildman–Crippen MR) is 68.5 cm³/mol. The zero-order valence-electron chi connectivity index (χ0n) is 10.7. The fraction of sp³-hybridized carbons (Fsp3) is 0.385. The third-order valence-corrected chi connectivity index (χ3v) is 3.41. The first-order chi connectivity index (χ1) is 9.15. The number of hydrogen-bond acceptors (Lipinski definition) is 4. The first-order valence-corrected chi connectivity index (χ1v) is 6.25. The molecule has 1 aromatic carbocycles. The molecule has 2 aliphatic heterocycles. The van der Waals surface area contributed by atoms with Crippen molar-refractivity contribution >= 4 is 11.9 Å². The van der Waals surface area contributed by atoms with Gasteiger partial charge in [-0.3, -0.25) is 15.1 Å². The Kier molecular flexibility index (Phi) is 2.94. The van der Waals surface area contributed by atoms with Gasteiger partial charge in [-0.15, -0.1) is 0 Å². The number of guanidine groups is 1. The monoisotopic (exact) mass is 262 g/mol. The second kappa shape index (κ2) is 4.62. The second-order valence-corrected chi connectivity index (χ2v) is 4.72. The van der Waals surface area contributed by atoms with E-state index in [9.17, 15) is 9.18 Å². The maximum absolute atomic E-state index is 13.6. The zero-order chi connectivity index (χ0) is 13.4. The Morgan fingerprint density at radius 2 is 2.26 bits per heavy atom. The highest BCUT2D eigenvalue weighted by atomic mass is 19.1. The summed E-state index contributed by atoms with van der Waals surface area (Å²) in [6.07, 6.45) is 0. The molecular weight excluding hydrogens is 247 g/mol. The summed E-state index contributed by atoms with van der Waals surface area (Å²) in [4.78, 5) is 17.3. The van der Waals surface area contributed by atoms with Crippen molar-refractivity contribution in [2.24, 2.45) is 4.99 Å². The first-order valence-electron chi connectivity index (χ1n) is 6.25. The third-order valence-electron chi connectivity index (χ3n) is 3.41. The Bertz CT molecular complexity index is 558. The first kappa shape index (κ1) is 12.1. The molecule has 0 spiro atoms. The van der Waals surface area contributed by atoms with E-state index in [-0.39, 0.29) is 11.7 Å². The van der Waals surface area contributed by atoms with Crippen molar-refractivity contribution in [3.63, 3.8) is 0 Å². The number of aliphatic imine (C=N–C) groups is 1. The largest absolute Gasteiger partial charge is 0.288 e. The smallest absolute Gasteiger partial charge is 0.226 e. The lowest BCUT2D eigenvalue weighted by atomic mass is 10.1. The molecule has 100 valence electrons. The van der Waals surface area contributed by atoms with Crippen LogP contribution in [0.25, 0.3) is 0 Å². The van der Waals surface area contributed by atoms with Gasteiger partial charge >= 0.3 is 0 Å². The number of nitrogens with one attached hydrogen (secondary N) is 1. The number of hydrazine groups is 1. The minimum atomic E-state index is -0.182. The zero-order valence-corrected chi connectivity index (χ0v) is 10.7. The van der Waals surface area contributed by atoms with E-state index in [0.717, 1.165) is 5.56 Å². The fourth-order valence-electron chi connectivity index (χ4n) is 2.45. The Morgan fingerprint density at radius 1 is 1.42 bits per heavy atom. The number of benzene rings is 1. The summed E-state index contributed by atoms with van der Waals surface area (Å²) in [7, 11) is 0. The van der Waals surface area contributed by atoms with Crippen LogP contribution in [-0.4, -0.2) is 34.9 Å². The molecule has 0 saturated heterocycles. The molecule has 0 aromatic heterocycles. The van der Waals surface area contributed by atoms with Crippen LogP contribution in [0.3, 0.4) is 0 Å². The van der Waals surface area contributed by atoms with Gasteiger partial charge in [-0.2, -0.15) is 0 Å². The summed E-state index contributed by atoms with van der Waals surface area (Å²) in [6, 6.07) is 5.10. The van der Waals surface area contributed by atoms with E-state index in [1.807, 2.05) is 11.1 Å². The van der Waals surface area contributed by atoms with Crippen molar-refractivity contribution in [1.82, 2.24) is 15.3 Å². The highest BCUT2D eigenvalue weighted by Crippen LogP contribution is 2.23. The number of fused-ring (bicyclic) bond motifs is 1. The maximum Gasteiger partial charge on any atom is 0.226 e. The molecule has 1 N–H and O–H groups in total. The lowest BCUT2D eigenvalue weighted by Gasteiger charge is -2.23.